The van der Waals surface area contributed by atoms with E-state index in [2.05, 4.69) is 0 Å². The highest BCUT2D eigenvalue weighted by Crippen LogP contribution is 2.40. The highest BCUT2D eigenvalue weighted by molar-refractivity contribution is 5.90. The zero-order chi connectivity index (χ0) is 15.7. The predicted octanol–water partition coefficient (Wildman–Crippen LogP) is -0.429. The number of aliphatic hydroxyl groups is 1. The maximum Gasteiger partial charge on any atom is 0.307 e. The number of likely N-dealkylation sites (tertiary alicyclic amines) is 1. The molecule has 0 aromatic carbocycles. The van der Waals surface area contributed by atoms with E-state index in [0.717, 1.165) is 6.42 Å². The molecule has 7 heteroatoms. The molecule has 0 aromatic heterocycles. The van der Waals surface area contributed by atoms with Gasteiger partial charge < -0.3 is 20.8 Å². The number of carbonyl (C=O) groups excluding carboxylic acids is 2. The fourth-order valence-electron chi connectivity index (χ4n) is 3.56. The molecule has 118 valence electrons. The van der Waals surface area contributed by atoms with Crippen LogP contribution in [0.4, 0.5) is 0 Å². The molecule has 2 rings (SSSR count). The van der Waals surface area contributed by atoms with Crippen LogP contribution < -0.4 is 5.73 Å². The Kier molecular flexibility index (Phi) is 4.51. The first kappa shape index (κ1) is 15.8. The highest BCUT2D eigenvalue weighted by atomic mass is 16.4. The van der Waals surface area contributed by atoms with Gasteiger partial charge in [-0.1, -0.05) is 13.3 Å². The quantitative estimate of drug-likeness (QED) is 0.650. The van der Waals surface area contributed by atoms with E-state index in [9.17, 15) is 24.6 Å². The number of amides is 2. The molecule has 5 atom stereocenters. The maximum absolute atomic E-state index is 12.6. The molecule has 21 heavy (non-hydrogen) atoms. The monoisotopic (exact) mass is 298 g/mol. The summed E-state index contributed by atoms with van der Waals surface area (Å²) in [6.45, 7) is 2.02. The van der Waals surface area contributed by atoms with Gasteiger partial charge in [-0.05, 0) is 18.8 Å². The van der Waals surface area contributed by atoms with Crippen LogP contribution in [0.15, 0.2) is 0 Å². The highest BCUT2D eigenvalue weighted by Gasteiger charge is 2.47. The third-order valence-electron chi connectivity index (χ3n) is 4.76. The molecule has 2 aliphatic rings. The number of aliphatic hydroxyl groups excluding tert-OH is 1. The zero-order valence-electron chi connectivity index (χ0n) is 12.1. The number of β-amino-alcohol motifs (C(OH)–C–C–N with tert-alkyl or cyclic N) is 1. The number of hydrogen-bond acceptors (Lipinski definition) is 4. The van der Waals surface area contributed by atoms with Crippen LogP contribution >= 0.6 is 0 Å². The Morgan fingerprint density at radius 3 is 2.33 bits per heavy atom. The summed E-state index contributed by atoms with van der Waals surface area (Å²) in [5, 5.41) is 19.0. The van der Waals surface area contributed by atoms with Gasteiger partial charge in [-0.25, -0.2) is 0 Å². The lowest BCUT2D eigenvalue weighted by Crippen LogP contribution is -2.47. The van der Waals surface area contributed by atoms with Gasteiger partial charge in [0.2, 0.25) is 11.8 Å². The number of nitrogens with two attached hydrogens (primary N) is 1. The van der Waals surface area contributed by atoms with Crippen LogP contribution in [0.5, 0.6) is 0 Å². The fraction of sp³-hybridized carbons (Fsp3) is 0.786. The molecule has 0 spiro atoms. The standard InChI is InChI=1S/C14H22N2O5/c1-2-7-3-9(10(4-7)14(20)21)13(19)16-6-8(17)5-11(16)12(15)18/h7-11,17H,2-6H2,1H3,(H2,15,18)(H,20,21). The summed E-state index contributed by atoms with van der Waals surface area (Å²) < 4.78 is 0. The summed E-state index contributed by atoms with van der Waals surface area (Å²) >= 11 is 0. The van der Waals surface area contributed by atoms with Gasteiger partial charge in [0.25, 0.3) is 0 Å². The van der Waals surface area contributed by atoms with Crippen LogP contribution in [0, 0.1) is 17.8 Å². The molecule has 1 saturated heterocycles. The molecule has 0 radical (unpaired) electrons. The molecule has 1 aliphatic carbocycles. The Bertz CT molecular complexity index is 453. The lowest BCUT2D eigenvalue weighted by atomic mass is 9.94. The van der Waals surface area contributed by atoms with Gasteiger partial charge >= 0.3 is 5.97 Å². The Labute approximate surface area is 123 Å². The largest absolute Gasteiger partial charge is 0.481 e. The normalized spacial score (nSPS) is 35.9. The molecule has 1 saturated carbocycles. The second-order valence-corrected chi connectivity index (χ2v) is 6.10. The van der Waals surface area contributed by atoms with E-state index in [-0.39, 0.29) is 24.8 Å². The van der Waals surface area contributed by atoms with Crippen molar-refractivity contribution in [1.82, 2.24) is 4.90 Å². The predicted molar refractivity (Wildman–Crippen MR) is 73.0 cm³/mol. The van der Waals surface area contributed by atoms with E-state index in [4.69, 9.17) is 5.73 Å². The lowest BCUT2D eigenvalue weighted by molar-refractivity contribution is -0.150. The van der Waals surface area contributed by atoms with E-state index in [1.54, 1.807) is 0 Å². The number of carboxylic acids is 1. The van der Waals surface area contributed by atoms with Crippen molar-refractivity contribution in [2.24, 2.45) is 23.5 Å². The smallest absolute Gasteiger partial charge is 0.307 e. The Morgan fingerprint density at radius 1 is 1.19 bits per heavy atom. The van der Waals surface area contributed by atoms with Crippen molar-refractivity contribution in [3.05, 3.63) is 0 Å². The van der Waals surface area contributed by atoms with Gasteiger partial charge in [-0.2, -0.15) is 0 Å². The second kappa shape index (κ2) is 6.01. The molecular weight excluding hydrogens is 276 g/mol. The number of carboxylic acid groups (broad SMARTS) is 1. The molecule has 2 fully saturated rings. The van der Waals surface area contributed by atoms with Crippen LogP contribution in [0.25, 0.3) is 0 Å². The minimum atomic E-state index is -0.973. The number of hydrogen-bond donors (Lipinski definition) is 3. The number of aliphatic carboxylic acids is 1. The molecule has 5 unspecified atom stereocenters. The van der Waals surface area contributed by atoms with Crippen LogP contribution in [0.3, 0.4) is 0 Å². The van der Waals surface area contributed by atoms with Gasteiger partial charge in [-0.3, -0.25) is 14.4 Å². The number of nitrogens with zero attached hydrogens (tertiary/aromatic N) is 1. The van der Waals surface area contributed by atoms with Gasteiger partial charge in [-0.15, -0.1) is 0 Å². The average molecular weight is 298 g/mol. The van der Waals surface area contributed by atoms with Gasteiger partial charge in [0.15, 0.2) is 0 Å². The summed E-state index contributed by atoms with van der Waals surface area (Å²) in [5.74, 6) is -3.12. The summed E-state index contributed by atoms with van der Waals surface area (Å²) in [5.41, 5.74) is 5.27. The van der Waals surface area contributed by atoms with Crippen LogP contribution in [-0.4, -0.2) is 51.6 Å². The summed E-state index contributed by atoms with van der Waals surface area (Å²) in [7, 11) is 0. The molecule has 0 aromatic rings. The summed E-state index contributed by atoms with van der Waals surface area (Å²) in [6, 6.07) is -0.831. The maximum atomic E-state index is 12.6. The van der Waals surface area contributed by atoms with E-state index >= 15 is 0 Å². The molecule has 1 aliphatic heterocycles. The first-order valence-corrected chi connectivity index (χ1v) is 7.35. The average Bonchev–Trinajstić information content (AvgIpc) is 3.01. The first-order chi connectivity index (χ1) is 9.85. The Hall–Kier alpha value is -1.63. The number of primary amides is 1. The van der Waals surface area contributed by atoms with Crippen molar-refractivity contribution in [2.75, 3.05) is 6.54 Å². The molecule has 0 bridgehead atoms. The minimum absolute atomic E-state index is 0.0477. The SMILES string of the molecule is CCC1CC(C(=O)O)C(C(=O)N2CC(O)CC2C(N)=O)C1. The van der Waals surface area contributed by atoms with E-state index in [1.165, 1.54) is 4.90 Å². The van der Waals surface area contributed by atoms with Gasteiger partial charge in [0, 0.05) is 13.0 Å². The van der Waals surface area contributed by atoms with Crippen LogP contribution in [0.2, 0.25) is 0 Å². The Morgan fingerprint density at radius 2 is 1.81 bits per heavy atom. The minimum Gasteiger partial charge on any atom is -0.481 e. The van der Waals surface area contributed by atoms with Crippen LogP contribution in [0.1, 0.15) is 32.6 Å². The van der Waals surface area contributed by atoms with Crippen molar-refractivity contribution in [3.8, 4) is 0 Å². The fourth-order valence-corrected chi connectivity index (χ4v) is 3.56. The van der Waals surface area contributed by atoms with Crippen molar-refractivity contribution < 1.29 is 24.6 Å². The Balaban J connectivity index is 2.17. The van der Waals surface area contributed by atoms with Crippen molar-refractivity contribution >= 4 is 17.8 Å². The van der Waals surface area contributed by atoms with Gasteiger partial charge in [0.05, 0.1) is 17.9 Å². The van der Waals surface area contributed by atoms with E-state index in [1.807, 2.05) is 6.92 Å². The third kappa shape index (κ3) is 3.02. The molecule has 1 heterocycles. The second-order valence-electron chi connectivity index (χ2n) is 6.10. The van der Waals surface area contributed by atoms with E-state index < -0.39 is 35.9 Å². The van der Waals surface area contributed by atoms with Gasteiger partial charge in [0.1, 0.15) is 6.04 Å². The zero-order valence-corrected chi connectivity index (χ0v) is 12.1. The lowest BCUT2D eigenvalue weighted by Gasteiger charge is -2.26. The van der Waals surface area contributed by atoms with Crippen LogP contribution in [-0.2, 0) is 14.4 Å². The van der Waals surface area contributed by atoms with Crippen molar-refractivity contribution in [1.29, 1.82) is 0 Å². The number of carbonyl (C=O) groups is 3. The molecular formula is C14H22N2O5. The number of rotatable bonds is 4. The molecule has 2 amide bonds. The third-order valence-corrected chi connectivity index (χ3v) is 4.76. The molecule has 7 nitrogen and oxygen atoms in total. The first-order valence-electron chi connectivity index (χ1n) is 7.35. The van der Waals surface area contributed by atoms with E-state index in [0.29, 0.717) is 12.8 Å². The summed E-state index contributed by atoms with van der Waals surface area (Å²) in [4.78, 5) is 36.7. The van der Waals surface area contributed by atoms with Crippen molar-refractivity contribution in [2.45, 2.75) is 44.8 Å². The topological polar surface area (TPSA) is 121 Å². The van der Waals surface area contributed by atoms with Crippen molar-refractivity contribution in [3.63, 3.8) is 0 Å². The summed E-state index contributed by atoms with van der Waals surface area (Å²) in [6.07, 6.45) is 1.18. The molecule has 4 N–H and O–H groups in total.